The maximum absolute atomic E-state index is 16.1. The summed E-state index contributed by atoms with van der Waals surface area (Å²) in [5.41, 5.74) is 0.202. The van der Waals surface area contributed by atoms with Crippen LogP contribution in [0.25, 0.3) is 5.57 Å². The lowest BCUT2D eigenvalue weighted by Crippen LogP contribution is -2.23. The molecule has 0 saturated carbocycles. The van der Waals surface area contributed by atoms with Gasteiger partial charge in [0, 0.05) is 12.0 Å². The lowest BCUT2D eigenvalue weighted by atomic mass is 9.79. The molecule has 0 saturated heterocycles. The summed E-state index contributed by atoms with van der Waals surface area (Å²) in [4.78, 5) is 0. The molecule has 1 aliphatic rings. The summed E-state index contributed by atoms with van der Waals surface area (Å²) in [7, 11) is 0. The molecular formula is C25H28F2O. The molecule has 3 heteroatoms. The molecule has 0 aromatic heterocycles. The number of benzene rings is 2. The fourth-order valence-electron chi connectivity index (χ4n) is 3.58. The topological polar surface area (TPSA) is 9.23 Å². The van der Waals surface area contributed by atoms with E-state index in [0.29, 0.717) is 23.3 Å². The van der Waals surface area contributed by atoms with Crippen LogP contribution in [0.3, 0.4) is 0 Å². The zero-order chi connectivity index (χ0) is 19.8. The van der Waals surface area contributed by atoms with Gasteiger partial charge in [-0.2, -0.15) is 0 Å². The third-order valence-electron chi connectivity index (χ3n) is 5.21. The van der Waals surface area contributed by atoms with Crippen molar-refractivity contribution in [2.24, 2.45) is 0 Å². The standard InChI is InChI=1S/C25H28F2O/c1-2-3-4-5-8-19-28-23-16-12-21(13-17-23)25(27)18-7-6-9-24(25)20-10-14-22(26)15-11-20/h6-7,9-17H,2-5,8,18-19H2,1H3. The van der Waals surface area contributed by atoms with E-state index in [2.05, 4.69) is 6.92 Å². The lowest BCUT2D eigenvalue weighted by molar-refractivity contribution is 0.249. The monoisotopic (exact) mass is 382 g/mol. The summed E-state index contributed by atoms with van der Waals surface area (Å²) >= 11 is 0. The van der Waals surface area contributed by atoms with Crippen molar-refractivity contribution in [3.05, 3.63) is 83.7 Å². The summed E-state index contributed by atoms with van der Waals surface area (Å²) in [5.74, 6) is 0.442. The predicted molar refractivity (Wildman–Crippen MR) is 112 cm³/mol. The highest BCUT2D eigenvalue weighted by molar-refractivity contribution is 5.76. The lowest BCUT2D eigenvalue weighted by Gasteiger charge is -2.30. The Morgan fingerprint density at radius 3 is 2.36 bits per heavy atom. The van der Waals surface area contributed by atoms with Crippen LogP contribution in [0.1, 0.15) is 56.6 Å². The van der Waals surface area contributed by atoms with Gasteiger partial charge >= 0.3 is 0 Å². The maximum Gasteiger partial charge on any atom is 0.165 e. The van der Waals surface area contributed by atoms with E-state index < -0.39 is 5.67 Å². The van der Waals surface area contributed by atoms with Crippen LogP contribution < -0.4 is 4.74 Å². The van der Waals surface area contributed by atoms with Crippen LogP contribution in [-0.2, 0) is 5.67 Å². The molecule has 2 aromatic rings. The van der Waals surface area contributed by atoms with Crippen LogP contribution in [0.4, 0.5) is 8.78 Å². The van der Waals surface area contributed by atoms with Gasteiger partial charge in [0.05, 0.1) is 6.61 Å². The molecule has 1 atom stereocenters. The normalized spacial score (nSPS) is 18.8. The van der Waals surface area contributed by atoms with Crippen LogP contribution in [0.5, 0.6) is 5.75 Å². The molecule has 0 aliphatic heterocycles. The van der Waals surface area contributed by atoms with Crippen LogP contribution in [0.2, 0.25) is 0 Å². The Hall–Kier alpha value is -2.42. The summed E-state index contributed by atoms with van der Waals surface area (Å²) in [5, 5.41) is 0. The molecule has 3 rings (SSSR count). The Labute approximate surface area is 166 Å². The SMILES string of the molecule is CCCCCCCOc1ccc(C2(F)CC=CC=C2c2ccc(F)cc2)cc1. The summed E-state index contributed by atoms with van der Waals surface area (Å²) in [6, 6.07) is 13.3. The Bertz CT molecular complexity index is 805. The predicted octanol–water partition coefficient (Wildman–Crippen LogP) is 7.38. The van der Waals surface area contributed by atoms with Gasteiger partial charge in [-0.05, 0) is 41.8 Å². The number of ether oxygens (including phenoxy) is 1. The average Bonchev–Trinajstić information content (AvgIpc) is 2.72. The Kier molecular flexibility index (Phi) is 7.02. The van der Waals surface area contributed by atoms with Gasteiger partial charge in [0.2, 0.25) is 0 Å². The highest BCUT2D eigenvalue weighted by Crippen LogP contribution is 2.45. The van der Waals surface area contributed by atoms with Gasteiger partial charge in [-0.3, -0.25) is 0 Å². The molecule has 28 heavy (non-hydrogen) atoms. The molecule has 2 aromatic carbocycles. The first kappa shape index (κ1) is 20.3. The van der Waals surface area contributed by atoms with Gasteiger partial charge in [0.15, 0.2) is 5.67 Å². The molecule has 1 unspecified atom stereocenters. The van der Waals surface area contributed by atoms with Gasteiger partial charge in [0.1, 0.15) is 11.6 Å². The van der Waals surface area contributed by atoms with E-state index in [1.54, 1.807) is 30.3 Å². The molecular weight excluding hydrogens is 354 g/mol. The van der Waals surface area contributed by atoms with Crippen molar-refractivity contribution in [3.8, 4) is 5.75 Å². The fourth-order valence-corrected chi connectivity index (χ4v) is 3.58. The van der Waals surface area contributed by atoms with Crippen molar-refractivity contribution in [3.63, 3.8) is 0 Å². The molecule has 0 heterocycles. The van der Waals surface area contributed by atoms with E-state index in [1.165, 1.54) is 37.8 Å². The number of allylic oxidation sites excluding steroid dienone is 4. The largest absolute Gasteiger partial charge is 0.494 e. The van der Waals surface area contributed by atoms with E-state index in [4.69, 9.17) is 4.74 Å². The average molecular weight is 382 g/mol. The van der Waals surface area contributed by atoms with Gasteiger partial charge in [-0.1, -0.05) is 75.1 Å². The maximum atomic E-state index is 16.1. The van der Waals surface area contributed by atoms with Crippen molar-refractivity contribution >= 4 is 5.57 Å². The van der Waals surface area contributed by atoms with Crippen molar-refractivity contribution < 1.29 is 13.5 Å². The van der Waals surface area contributed by atoms with E-state index >= 15 is 4.39 Å². The summed E-state index contributed by atoms with van der Waals surface area (Å²) in [6.45, 7) is 2.89. The number of rotatable bonds is 9. The Morgan fingerprint density at radius 1 is 0.929 bits per heavy atom. The number of hydrogen-bond donors (Lipinski definition) is 0. The van der Waals surface area contributed by atoms with Crippen molar-refractivity contribution in [1.82, 2.24) is 0 Å². The molecule has 0 fully saturated rings. The van der Waals surface area contributed by atoms with E-state index in [1.807, 2.05) is 24.3 Å². The first-order chi connectivity index (χ1) is 13.6. The van der Waals surface area contributed by atoms with E-state index in [-0.39, 0.29) is 12.2 Å². The second kappa shape index (κ2) is 9.68. The zero-order valence-corrected chi connectivity index (χ0v) is 16.5. The molecule has 0 spiro atoms. The van der Waals surface area contributed by atoms with Crippen molar-refractivity contribution in [1.29, 1.82) is 0 Å². The Balaban J connectivity index is 1.68. The summed E-state index contributed by atoms with van der Waals surface area (Å²) in [6.07, 6.45) is 11.7. The number of unbranched alkanes of at least 4 members (excludes halogenated alkanes) is 4. The molecule has 1 aliphatic carbocycles. The van der Waals surface area contributed by atoms with Crippen LogP contribution >= 0.6 is 0 Å². The van der Waals surface area contributed by atoms with Gasteiger partial charge in [-0.15, -0.1) is 0 Å². The molecule has 0 amide bonds. The Morgan fingerprint density at radius 2 is 1.64 bits per heavy atom. The minimum atomic E-state index is -1.63. The minimum absolute atomic E-state index is 0.258. The number of halogens is 2. The van der Waals surface area contributed by atoms with Gasteiger partial charge in [0.25, 0.3) is 0 Å². The first-order valence-electron chi connectivity index (χ1n) is 10.2. The van der Waals surface area contributed by atoms with Crippen molar-refractivity contribution in [2.45, 2.75) is 51.1 Å². The van der Waals surface area contributed by atoms with Crippen LogP contribution in [0.15, 0.2) is 66.8 Å². The first-order valence-corrected chi connectivity index (χ1v) is 10.2. The smallest absolute Gasteiger partial charge is 0.165 e. The molecule has 0 bridgehead atoms. The molecule has 148 valence electrons. The minimum Gasteiger partial charge on any atom is -0.494 e. The number of hydrogen-bond acceptors (Lipinski definition) is 1. The highest BCUT2D eigenvalue weighted by Gasteiger charge is 2.37. The van der Waals surface area contributed by atoms with Crippen LogP contribution in [0, 0.1) is 5.82 Å². The van der Waals surface area contributed by atoms with Gasteiger partial charge < -0.3 is 4.74 Å². The third kappa shape index (κ3) is 4.89. The third-order valence-corrected chi connectivity index (χ3v) is 5.21. The van der Waals surface area contributed by atoms with Crippen LogP contribution in [-0.4, -0.2) is 6.61 Å². The fraction of sp³-hybridized carbons (Fsp3) is 0.360. The molecule has 0 radical (unpaired) electrons. The van der Waals surface area contributed by atoms with Gasteiger partial charge in [-0.25, -0.2) is 8.78 Å². The summed E-state index contributed by atoms with van der Waals surface area (Å²) < 4.78 is 35.1. The highest BCUT2D eigenvalue weighted by atomic mass is 19.1. The quantitative estimate of drug-likeness (QED) is 0.411. The molecule has 1 nitrogen and oxygen atoms in total. The second-order valence-corrected chi connectivity index (χ2v) is 7.31. The number of alkyl halides is 1. The second-order valence-electron chi connectivity index (χ2n) is 7.31. The van der Waals surface area contributed by atoms with Crippen molar-refractivity contribution in [2.75, 3.05) is 6.61 Å². The van der Waals surface area contributed by atoms with E-state index in [0.717, 1.165) is 12.2 Å². The molecule has 0 N–H and O–H groups in total. The van der Waals surface area contributed by atoms with E-state index in [9.17, 15) is 4.39 Å². The zero-order valence-electron chi connectivity index (χ0n) is 16.5.